The lowest BCUT2D eigenvalue weighted by atomic mass is 10.1. The zero-order valence-electron chi connectivity index (χ0n) is 13.9. The lowest BCUT2D eigenvalue weighted by Crippen LogP contribution is -2.47. The van der Waals surface area contributed by atoms with E-state index in [1.165, 1.54) is 6.33 Å². The number of hydrogen-bond acceptors (Lipinski definition) is 5. The van der Waals surface area contributed by atoms with E-state index in [4.69, 9.17) is 0 Å². The Morgan fingerprint density at radius 2 is 1.90 bits per heavy atom. The Hall–Kier alpha value is -1.85. The second kappa shape index (κ2) is 7.24. The average molecular weight is 293 g/mol. The molecule has 1 amide bonds. The van der Waals surface area contributed by atoms with Gasteiger partial charge in [0.15, 0.2) is 0 Å². The Labute approximate surface area is 127 Å². The fraction of sp³-hybridized carbons (Fsp3) is 0.667. The maximum Gasteiger partial charge on any atom is 0.242 e. The molecule has 0 aromatic carbocycles. The fourth-order valence-electron chi connectivity index (χ4n) is 1.77. The average Bonchev–Trinajstić information content (AvgIpc) is 2.37. The summed E-state index contributed by atoms with van der Waals surface area (Å²) in [6.07, 6.45) is 2.53. The van der Waals surface area contributed by atoms with Crippen molar-refractivity contribution in [2.75, 3.05) is 17.2 Å². The molecule has 0 aliphatic rings. The van der Waals surface area contributed by atoms with Crippen LogP contribution in [0.15, 0.2) is 6.33 Å². The smallest absolute Gasteiger partial charge is 0.242 e. The highest BCUT2D eigenvalue weighted by Gasteiger charge is 2.20. The molecule has 0 saturated heterocycles. The summed E-state index contributed by atoms with van der Waals surface area (Å²) in [5.41, 5.74) is 0.669. The van der Waals surface area contributed by atoms with Crippen LogP contribution in [0, 0.1) is 6.92 Å². The first-order valence-corrected chi connectivity index (χ1v) is 7.38. The minimum Gasteiger partial charge on any atom is -0.370 e. The summed E-state index contributed by atoms with van der Waals surface area (Å²) in [7, 11) is 0. The first-order valence-electron chi connectivity index (χ1n) is 7.38. The molecule has 0 aliphatic carbocycles. The van der Waals surface area contributed by atoms with Crippen molar-refractivity contribution in [3.8, 4) is 0 Å². The molecule has 1 unspecified atom stereocenters. The minimum absolute atomic E-state index is 0.0522. The number of hydrogen-bond donors (Lipinski definition) is 3. The van der Waals surface area contributed by atoms with Crippen LogP contribution >= 0.6 is 0 Å². The van der Waals surface area contributed by atoms with Gasteiger partial charge in [0.2, 0.25) is 5.91 Å². The number of nitrogens with zero attached hydrogens (tertiary/aromatic N) is 2. The van der Waals surface area contributed by atoms with E-state index >= 15 is 0 Å². The molecule has 6 nitrogen and oxygen atoms in total. The third kappa shape index (κ3) is 5.57. The van der Waals surface area contributed by atoms with E-state index in [0.29, 0.717) is 5.82 Å². The van der Waals surface area contributed by atoms with E-state index in [0.717, 1.165) is 24.3 Å². The molecule has 118 valence electrons. The molecule has 0 aliphatic heterocycles. The summed E-state index contributed by atoms with van der Waals surface area (Å²) < 4.78 is 0. The van der Waals surface area contributed by atoms with Crippen LogP contribution in [-0.2, 0) is 4.79 Å². The zero-order chi connectivity index (χ0) is 16.0. The highest BCUT2D eigenvalue weighted by Crippen LogP contribution is 2.19. The van der Waals surface area contributed by atoms with E-state index in [-0.39, 0.29) is 17.5 Å². The molecule has 0 radical (unpaired) electrons. The van der Waals surface area contributed by atoms with E-state index < -0.39 is 0 Å². The Balaban J connectivity index is 2.76. The van der Waals surface area contributed by atoms with Crippen molar-refractivity contribution in [1.82, 2.24) is 15.3 Å². The molecule has 1 aromatic rings. The van der Waals surface area contributed by atoms with Gasteiger partial charge >= 0.3 is 0 Å². The maximum absolute atomic E-state index is 12.1. The highest BCUT2D eigenvalue weighted by atomic mass is 16.2. The van der Waals surface area contributed by atoms with Crippen LogP contribution in [0.1, 0.15) is 46.6 Å². The van der Waals surface area contributed by atoms with Crippen molar-refractivity contribution in [2.24, 2.45) is 0 Å². The van der Waals surface area contributed by atoms with Crippen LogP contribution in [0.3, 0.4) is 0 Å². The molecule has 0 bridgehead atoms. The Bertz CT molecular complexity index is 481. The second-order valence-corrected chi connectivity index (χ2v) is 6.23. The van der Waals surface area contributed by atoms with Crippen LogP contribution in [0.4, 0.5) is 11.6 Å². The molecule has 3 N–H and O–H groups in total. The van der Waals surface area contributed by atoms with Crippen molar-refractivity contribution in [3.05, 3.63) is 11.9 Å². The van der Waals surface area contributed by atoms with E-state index in [2.05, 4.69) is 32.8 Å². The van der Waals surface area contributed by atoms with Crippen LogP contribution in [0.5, 0.6) is 0 Å². The lowest BCUT2D eigenvalue weighted by Gasteiger charge is -2.24. The third-order valence-electron chi connectivity index (χ3n) is 2.87. The zero-order valence-corrected chi connectivity index (χ0v) is 13.9. The van der Waals surface area contributed by atoms with Gasteiger partial charge in [0, 0.05) is 17.6 Å². The van der Waals surface area contributed by atoms with Gasteiger partial charge in [-0.05, 0) is 41.0 Å². The summed E-state index contributed by atoms with van der Waals surface area (Å²) in [4.78, 5) is 20.5. The molecule has 0 spiro atoms. The monoisotopic (exact) mass is 293 g/mol. The van der Waals surface area contributed by atoms with Crippen molar-refractivity contribution in [2.45, 2.75) is 59.5 Å². The van der Waals surface area contributed by atoms with Gasteiger partial charge in [-0.25, -0.2) is 9.97 Å². The molecule has 1 atom stereocenters. The maximum atomic E-state index is 12.1. The summed E-state index contributed by atoms with van der Waals surface area (Å²) in [5.74, 6) is 1.43. The number of nitrogens with one attached hydrogen (secondary N) is 3. The molecule has 1 aromatic heterocycles. The third-order valence-corrected chi connectivity index (χ3v) is 2.87. The molecule has 21 heavy (non-hydrogen) atoms. The van der Waals surface area contributed by atoms with E-state index in [1.807, 2.05) is 34.6 Å². The first-order chi connectivity index (χ1) is 9.74. The van der Waals surface area contributed by atoms with Crippen molar-refractivity contribution < 1.29 is 4.79 Å². The molecule has 6 heteroatoms. The number of rotatable bonds is 6. The van der Waals surface area contributed by atoms with Gasteiger partial charge in [0.25, 0.3) is 0 Å². The van der Waals surface area contributed by atoms with E-state index in [9.17, 15) is 4.79 Å². The molecular formula is C15H27N5O. The van der Waals surface area contributed by atoms with E-state index in [1.54, 1.807) is 0 Å². The number of carbonyl (C=O) groups is 1. The normalized spacial score (nSPS) is 12.7. The summed E-state index contributed by atoms with van der Waals surface area (Å²) in [5, 5.41) is 9.35. The topological polar surface area (TPSA) is 78.9 Å². The molecule has 1 rings (SSSR count). The predicted octanol–water partition coefficient (Wildman–Crippen LogP) is 2.32. The fourth-order valence-corrected chi connectivity index (χ4v) is 1.77. The van der Waals surface area contributed by atoms with Crippen LogP contribution < -0.4 is 16.0 Å². The van der Waals surface area contributed by atoms with Crippen molar-refractivity contribution in [3.63, 3.8) is 0 Å². The highest BCUT2D eigenvalue weighted by molar-refractivity contribution is 5.84. The largest absolute Gasteiger partial charge is 0.370 e. The van der Waals surface area contributed by atoms with Crippen molar-refractivity contribution in [1.29, 1.82) is 0 Å². The second-order valence-electron chi connectivity index (χ2n) is 6.23. The van der Waals surface area contributed by atoms with Gasteiger partial charge in [-0.1, -0.05) is 6.92 Å². The van der Waals surface area contributed by atoms with Gasteiger partial charge in [0.05, 0.1) is 0 Å². The summed E-state index contributed by atoms with van der Waals surface area (Å²) in [6.45, 7) is 12.6. The van der Waals surface area contributed by atoms with Gasteiger partial charge in [-0.15, -0.1) is 0 Å². The Kier molecular flexibility index (Phi) is 5.93. The Morgan fingerprint density at radius 1 is 1.29 bits per heavy atom. The number of anilines is 2. The standard InChI is InChI=1S/C15H27N5O/c1-7-8-16-12-10(2)13(18-9-17-12)19-11(3)14(21)20-15(4,5)6/h9,11H,7-8H2,1-6H3,(H,20,21)(H2,16,17,18,19). The van der Waals surface area contributed by atoms with Gasteiger partial charge in [-0.2, -0.15) is 0 Å². The quantitative estimate of drug-likeness (QED) is 0.750. The summed E-state index contributed by atoms with van der Waals surface area (Å²) >= 11 is 0. The number of aromatic nitrogens is 2. The molecule has 0 fully saturated rings. The first kappa shape index (κ1) is 17.2. The predicted molar refractivity (Wildman–Crippen MR) is 86.5 cm³/mol. The number of carbonyl (C=O) groups excluding carboxylic acids is 1. The minimum atomic E-state index is -0.364. The molecule has 0 saturated carbocycles. The van der Waals surface area contributed by atoms with Gasteiger partial charge in [0.1, 0.15) is 24.0 Å². The Morgan fingerprint density at radius 3 is 2.48 bits per heavy atom. The van der Waals surface area contributed by atoms with Gasteiger partial charge < -0.3 is 16.0 Å². The van der Waals surface area contributed by atoms with Crippen LogP contribution in [0.25, 0.3) is 0 Å². The van der Waals surface area contributed by atoms with Gasteiger partial charge in [-0.3, -0.25) is 4.79 Å². The van der Waals surface area contributed by atoms with Crippen LogP contribution in [-0.4, -0.2) is 34.0 Å². The lowest BCUT2D eigenvalue weighted by molar-refractivity contribution is -0.122. The SMILES string of the molecule is CCCNc1ncnc(NC(C)C(=O)NC(C)(C)C)c1C. The van der Waals surface area contributed by atoms with Crippen molar-refractivity contribution >= 4 is 17.5 Å². The molecular weight excluding hydrogens is 266 g/mol. The van der Waals surface area contributed by atoms with Crippen LogP contribution in [0.2, 0.25) is 0 Å². The number of amides is 1. The summed E-state index contributed by atoms with van der Waals surface area (Å²) in [6, 6.07) is -0.364. The molecule has 1 heterocycles.